The monoisotopic (exact) mass is 298 g/mol. The van der Waals surface area contributed by atoms with E-state index < -0.39 is 6.04 Å². The quantitative estimate of drug-likeness (QED) is 0.923. The minimum Gasteiger partial charge on any atom is -0.496 e. The summed E-state index contributed by atoms with van der Waals surface area (Å²) >= 11 is 0. The highest BCUT2D eigenvalue weighted by Gasteiger charge is 2.20. The summed E-state index contributed by atoms with van der Waals surface area (Å²) in [6.45, 7) is 2.47. The number of ether oxygens (including phenoxy) is 1. The molecule has 0 aliphatic heterocycles. The standard InChI is InChI=1S/C18H22N2O2/c1-13-8-10-14(11-9-13)17(19)18(21)20(2)12-15-6-4-5-7-16(15)22-3/h4-11,17H,12,19H2,1-3H3. The van der Waals surface area contributed by atoms with E-state index in [2.05, 4.69) is 0 Å². The van der Waals surface area contributed by atoms with Gasteiger partial charge in [0.15, 0.2) is 0 Å². The molecule has 0 aromatic heterocycles. The van der Waals surface area contributed by atoms with Crippen LogP contribution >= 0.6 is 0 Å². The van der Waals surface area contributed by atoms with Gasteiger partial charge in [0.2, 0.25) is 5.91 Å². The minimum atomic E-state index is -0.652. The molecule has 0 fully saturated rings. The predicted molar refractivity (Wildman–Crippen MR) is 87.6 cm³/mol. The first-order valence-electron chi connectivity index (χ1n) is 7.22. The maximum Gasteiger partial charge on any atom is 0.244 e. The van der Waals surface area contributed by atoms with Crippen molar-refractivity contribution in [3.63, 3.8) is 0 Å². The summed E-state index contributed by atoms with van der Waals surface area (Å²) in [5.74, 6) is 0.654. The summed E-state index contributed by atoms with van der Waals surface area (Å²) in [5, 5.41) is 0. The molecule has 1 amide bonds. The van der Waals surface area contributed by atoms with Crippen LogP contribution in [0.5, 0.6) is 5.75 Å². The third kappa shape index (κ3) is 3.65. The van der Waals surface area contributed by atoms with Gasteiger partial charge >= 0.3 is 0 Å². The Morgan fingerprint density at radius 3 is 2.45 bits per heavy atom. The Kier molecular flexibility index (Phi) is 5.17. The van der Waals surface area contributed by atoms with Crippen LogP contribution in [0.3, 0.4) is 0 Å². The van der Waals surface area contributed by atoms with Gasteiger partial charge < -0.3 is 15.4 Å². The highest BCUT2D eigenvalue weighted by atomic mass is 16.5. The minimum absolute atomic E-state index is 0.116. The van der Waals surface area contributed by atoms with Crippen LogP contribution in [0.2, 0.25) is 0 Å². The van der Waals surface area contributed by atoms with Crippen molar-refractivity contribution in [3.05, 3.63) is 65.2 Å². The van der Waals surface area contributed by atoms with Gasteiger partial charge in [0, 0.05) is 19.2 Å². The highest BCUT2D eigenvalue weighted by Crippen LogP contribution is 2.20. The number of carbonyl (C=O) groups excluding carboxylic acids is 1. The molecule has 0 aliphatic carbocycles. The number of nitrogens with zero attached hydrogens (tertiary/aromatic N) is 1. The summed E-state index contributed by atoms with van der Waals surface area (Å²) in [6, 6.07) is 14.7. The van der Waals surface area contributed by atoms with E-state index in [4.69, 9.17) is 10.5 Å². The second kappa shape index (κ2) is 7.09. The Morgan fingerprint density at radius 2 is 1.82 bits per heavy atom. The number of methoxy groups -OCH3 is 1. The molecule has 0 radical (unpaired) electrons. The number of hydrogen-bond donors (Lipinski definition) is 1. The molecule has 1 unspecified atom stereocenters. The number of para-hydroxylation sites is 1. The number of rotatable bonds is 5. The molecule has 116 valence electrons. The van der Waals surface area contributed by atoms with Gasteiger partial charge in [0.1, 0.15) is 11.8 Å². The zero-order valence-electron chi connectivity index (χ0n) is 13.2. The summed E-state index contributed by atoms with van der Waals surface area (Å²) in [6.07, 6.45) is 0. The van der Waals surface area contributed by atoms with E-state index in [0.29, 0.717) is 6.54 Å². The van der Waals surface area contributed by atoms with Crippen molar-refractivity contribution >= 4 is 5.91 Å². The Hall–Kier alpha value is -2.33. The fourth-order valence-electron chi connectivity index (χ4n) is 2.32. The van der Waals surface area contributed by atoms with Crippen LogP contribution in [0.15, 0.2) is 48.5 Å². The third-order valence-electron chi connectivity index (χ3n) is 3.68. The second-order valence-electron chi connectivity index (χ2n) is 5.39. The molecule has 22 heavy (non-hydrogen) atoms. The van der Waals surface area contributed by atoms with Crippen molar-refractivity contribution in [1.29, 1.82) is 0 Å². The van der Waals surface area contributed by atoms with Gasteiger partial charge in [-0.25, -0.2) is 0 Å². The SMILES string of the molecule is COc1ccccc1CN(C)C(=O)C(N)c1ccc(C)cc1. The number of benzene rings is 2. The zero-order chi connectivity index (χ0) is 16.1. The van der Waals surface area contributed by atoms with Gasteiger partial charge in [-0.2, -0.15) is 0 Å². The van der Waals surface area contributed by atoms with Crippen molar-refractivity contribution in [2.24, 2.45) is 5.73 Å². The van der Waals surface area contributed by atoms with Gasteiger partial charge in [0.25, 0.3) is 0 Å². The van der Waals surface area contributed by atoms with Crippen molar-refractivity contribution in [3.8, 4) is 5.75 Å². The van der Waals surface area contributed by atoms with Crippen LogP contribution < -0.4 is 10.5 Å². The molecular formula is C18H22N2O2. The molecule has 1 atom stereocenters. The summed E-state index contributed by atoms with van der Waals surface area (Å²) in [5.41, 5.74) is 9.01. The topological polar surface area (TPSA) is 55.6 Å². The van der Waals surface area contributed by atoms with Crippen LogP contribution in [-0.4, -0.2) is 25.0 Å². The largest absolute Gasteiger partial charge is 0.496 e. The molecule has 0 saturated carbocycles. The van der Waals surface area contributed by atoms with E-state index in [0.717, 1.165) is 22.4 Å². The Balaban J connectivity index is 2.10. The van der Waals surface area contributed by atoms with Crippen LogP contribution in [0.25, 0.3) is 0 Å². The van der Waals surface area contributed by atoms with Crippen molar-refractivity contribution < 1.29 is 9.53 Å². The molecule has 4 nitrogen and oxygen atoms in total. The fourth-order valence-corrected chi connectivity index (χ4v) is 2.32. The first-order valence-corrected chi connectivity index (χ1v) is 7.22. The molecule has 2 rings (SSSR count). The lowest BCUT2D eigenvalue weighted by Gasteiger charge is -2.22. The first-order chi connectivity index (χ1) is 10.5. The molecule has 4 heteroatoms. The number of hydrogen-bond acceptors (Lipinski definition) is 3. The molecule has 0 heterocycles. The van der Waals surface area contributed by atoms with E-state index >= 15 is 0 Å². The fraction of sp³-hybridized carbons (Fsp3) is 0.278. The van der Waals surface area contributed by atoms with E-state index in [1.807, 2.05) is 55.5 Å². The predicted octanol–water partition coefficient (Wildman–Crippen LogP) is 2.66. The third-order valence-corrected chi connectivity index (χ3v) is 3.68. The van der Waals surface area contributed by atoms with Crippen molar-refractivity contribution in [1.82, 2.24) is 4.90 Å². The molecule has 0 spiro atoms. The lowest BCUT2D eigenvalue weighted by Crippen LogP contribution is -2.35. The Bertz CT molecular complexity index is 638. The van der Waals surface area contributed by atoms with Gasteiger partial charge in [-0.3, -0.25) is 4.79 Å². The van der Waals surface area contributed by atoms with Gasteiger partial charge in [-0.05, 0) is 18.6 Å². The van der Waals surface area contributed by atoms with E-state index in [9.17, 15) is 4.79 Å². The van der Waals surface area contributed by atoms with Crippen LogP contribution in [0.1, 0.15) is 22.7 Å². The number of aryl methyl sites for hydroxylation is 1. The number of amides is 1. The number of nitrogens with two attached hydrogens (primary N) is 1. The van der Waals surface area contributed by atoms with E-state index in [-0.39, 0.29) is 5.91 Å². The smallest absolute Gasteiger partial charge is 0.244 e. The molecule has 2 N–H and O–H groups in total. The van der Waals surface area contributed by atoms with Crippen molar-refractivity contribution in [2.75, 3.05) is 14.2 Å². The molecule has 2 aromatic carbocycles. The van der Waals surface area contributed by atoms with E-state index in [1.54, 1.807) is 19.1 Å². The number of likely N-dealkylation sites (N-methyl/N-ethyl adjacent to an activating group) is 1. The highest BCUT2D eigenvalue weighted by molar-refractivity contribution is 5.82. The summed E-state index contributed by atoms with van der Waals surface area (Å²) in [7, 11) is 3.38. The lowest BCUT2D eigenvalue weighted by atomic mass is 10.0. The molecule has 0 aliphatic rings. The Labute approximate surface area is 131 Å². The maximum absolute atomic E-state index is 12.5. The summed E-state index contributed by atoms with van der Waals surface area (Å²) < 4.78 is 5.32. The first kappa shape index (κ1) is 16.0. The lowest BCUT2D eigenvalue weighted by molar-refractivity contribution is -0.132. The van der Waals surface area contributed by atoms with Crippen molar-refractivity contribution in [2.45, 2.75) is 19.5 Å². The van der Waals surface area contributed by atoms with Crippen LogP contribution in [-0.2, 0) is 11.3 Å². The summed E-state index contributed by atoms with van der Waals surface area (Å²) in [4.78, 5) is 14.1. The normalized spacial score (nSPS) is 11.8. The number of carbonyl (C=O) groups is 1. The van der Waals surface area contributed by atoms with Crippen LogP contribution in [0, 0.1) is 6.92 Å². The molecule has 0 saturated heterocycles. The maximum atomic E-state index is 12.5. The molecular weight excluding hydrogens is 276 g/mol. The average Bonchev–Trinajstić information content (AvgIpc) is 2.54. The Morgan fingerprint density at radius 1 is 1.18 bits per heavy atom. The van der Waals surface area contributed by atoms with Gasteiger partial charge in [0.05, 0.1) is 7.11 Å². The molecule has 2 aromatic rings. The average molecular weight is 298 g/mol. The van der Waals surface area contributed by atoms with Crippen LogP contribution in [0.4, 0.5) is 0 Å². The molecule has 0 bridgehead atoms. The zero-order valence-corrected chi connectivity index (χ0v) is 13.2. The van der Waals surface area contributed by atoms with Gasteiger partial charge in [-0.15, -0.1) is 0 Å². The van der Waals surface area contributed by atoms with Gasteiger partial charge in [-0.1, -0.05) is 48.0 Å². The van der Waals surface area contributed by atoms with E-state index in [1.165, 1.54) is 0 Å². The second-order valence-corrected chi connectivity index (χ2v) is 5.39.